The minimum absolute atomic E-state index is 0.0119. The van der Waals surface area contributed by atoms with E-state index >= 15 is 0 Å². The summed E-state index contributed by atoms with van der Waals surface area (Å²) in [6.45, 7) is 0.654. The molecule has 14 heteroatoms. The summed E-state index contributed by atoms with van der Waals surface area (Å²) in [5.74, 6) is -1.67. The van der Waals surface area contributed by atoms with Crippen molar-refractivity contribution in [2.24, 2.45) is 0 Å². The lowest BCUT2D eigenvalue weighted by atomic mass is 10.2. The highest BCUT2D eigenvalue weighted by molar-refractivity contribution is 7.13. The number of ether oxygens (including phenoxy) is 1. The minimum atomic E-state index is -0.836. The zero-order chi connectivity index (χ0) is 24.2. The number of rotatable bonds is 6. The third kappa shape index (κ3) is 5.19. The fourth-order valence-electron chi connectivity index (χ4n) is 3.70. The van der Waals surface area contributed by atoms with E-state index in [1.807, 2.05) is 0 Å². The number of hydrogen-bond donors (Lipinski definition) is 3. The Hall–Kier alpha value is -3.07. The predicted octanol–water partition coefficient (Wildman–Crippen LogP) is 1.74. The minimum Gasteiger partial charge on any atom is -0.443 e. The number of carbonyl (C=O) groups is 2. The Morgan fingerprint density at radius 2 is 2.06 bits per heavy atom. The van der Waals surface area contributed by atoms with Crippen molar-refractivity contribution < 1.29 is 33.1 Å². The summed E-state index contributed by atoms with van der Waals surface area (Å²) in [5, 5.41) is 17.5. The highest BCUT2D eigenvalue weighted by Crippen LogP contribution is 2.31. The number of carbonyl (C=O) groups excluding carboxylic acids is 2. The molecule has 3 amide bonds. The average Bonchev–Trinajstić information content (AvgIpc) is 3.32. The fourth-order valence-corrected chi connectivity index (χ4v) is 4.39. The van der Waals surface area contributed by atoms with Gasteiger partial charge in [-0.15, -0.1) is 11.3 Å². The van der Waals surface area contributed by atoms with Gasteiger partial charge >= 0.3 is 12.1 Å². The number of hydroxylamine groups is 2. The van der Waals surface area contributed by atoms with Gasteiger partial charge in [-0.2, -0.15) is 0 Å². The fraction of sp³-hybridized carbons (Fsp3) is 0.450. The van der Waals surface area contributed by atoms with E-state index in [1.165, 1.54) is 9.80 Å². The first-order chi connectivity index (χ1) is 16.4. The van der Waals surface area contributed by atoms with Crippen molar-refractivity contribution >= 4 is 40.0 Å². The highest BCUT2D eigenvalue weighted by Gasteiger charge is 2.33. The molecule has 0 unspecified atom stereocenters. The van der Waals surface area contributed by atoms with Crippen LogP contribution < -0.4 is 20.4 Å². The standard InChI is InChI=1S/C20H24F2N6O5S/c1-23-8-14-9-27(20(31)33-14)13-6-15(21)17(16(22)7-13)26-2-3-28(32-5-4-26)19(30)25-18-24-12(10-29)11-34-18/h6-7,11,14,23,29H,2-5,8-10H2,1H3,(H,24,25,30)/t14-/m0/s1. The van der Waals surface area contributed by atoms with Gasteiger partial charge in [0.25, 0.3) is 0 Å². The molecule has 2 fully saturated rings. The first kappa shape index (κ1) is 24.1. The number of halogens is 2. The molecule has 34 heavy (non-hydrogen) atoms. The first-order valence-electron chi connectivity index (χ1n) is 10.5. The maximum absolute atomic E-state index is 15.0. The third-order valence-electron chi connectivity index (χ3n) is 5.27. The van der Waals surface area contributed by atoms with Crippen molar-refractivity contribution in [1.82, 2.24) is 15.4 Å². The monoisotopic (exact) mass is 498 g/mol. The molecule has 2 aliphatic rings. The Kier molecular flexibility index (Phi) is 7.41. The number of anilines is 3. The molecule has 0 saturated carbocycles. The molecule has 2 aromatic rings. The van der Waals surface area contributed by atoms with Crippen LogP contribution in [0.3, 0.4) is 0 Å². The van der Waals surface area contributed by atoms with Gasteiger partial charge in [0.05, 0.1) is 37.7 Å². The Bertz CT molecular complexity index is 1030. The molecule has 1 atom stereocenters. The van der Waals surface area contributed by atoms with E-state index in [1.54, 1.807) is 12.4 Å². The van der Waals surface area contributed by atoms with E-state index in [0.717, 1.165) is 28.5 Å². The van der Waals surface area contributed by atoms with Crippen molar-refractivity contribution in [2.75, 3.05) is 61.5 Å². The van der Waals surface area contributed by atoms with Crippen LogP contribution in [0.5, 0.6) is 0 Å². The lowest BCUT2D eigenvalue weighted by Crippen LogP contribution is -2.37. The number of thiazole rings is 1. The molecule has 1 aromatic heterocycles. The van der Waals surface area contributed by atoms with Crippen LogP contribution in [0.25, 0.3) is 0 Å². The molecule has 184 valence electrons. The van der Waals surface area contributed by atoms with Gasteiger partial charge in [-0.3, -0.25) is 15.1 Å². The van der Waals surface area contributed by atoms with Crippen molar-refractivity contribution in [3.8, 4) is 0 Å². The maximum Gasteiger partial charge on any atom is 0.414 e. The molecule has 2 saturated heterocycles. The van der Waals surface area contributed by atoms with Gasteiger partial charge in [0.2, 0.25) is 0 Å². The van der Waals surface area contributed by atoms with E-state index in [-0.39, 0.29) is 50.8 Å². The van der Waals surface area contributed by atoms with Gasteiger partial charge in [0.1, 0.15) is 11.8 Å². The highest BCUT2D eigenvalue weighted by atomic mass is 32.1. The molecule has 0 spiro atoms. The number of urea groups is 1. The molecule has 11 nitrogen and oxygen atoms in total. The SMILES string of the molecule is CNC[C@H]1CN(c2cc(F)c(N3CCON(C(=O)Nc4nc(CO)cs4)CC3)c(F)c2)C(=O)O1. The molecule has 0 bridgehead atoms. The largest absolute Gasteiger partial charge is 0.443 e. The number of benzene rings is 1. The van der Waals surface area contributed by atoms with Crippen LogP contribution in [-0.4, -0.2) is 79.8 Å². The molecule has 4 rings (SSSR count). The lowest BCUT2D eigenvalue weighted by molar-refractivity contribution is -0.100. The summed E-state index contributed by atoms with van der Waals surface area (Å²) >= 11 is 1.15. The van der Waals surface area contributed by atoms with Crippen molar-refractivity contribution in [2.45, 2.75) is 12.7 Å². The summed E-state index contributed by atoms with van der Waals surface area (Å²) < 4.78 is 35.2. The first-order valence-corrected chi connectivity index (χ1v) is 11.4. The summed E-state index contributed by atoms with van der Waals surface area (Å²) in [4.78, 5) is 36.7. The van der Waals surface area contributed by atoms with E-state index in [2.05, 4.69) is 15.6 Å². The number of aromatic nitrogens is 1. The van der Waals surface area contributed by atoms with Crippen LogP contribution >= 0.6 is 11.3 Å². The molecule has 3 heterocycles. The van der Waals surface area contributed by atoms with Crippen LogP contribution in [0.1, 0.15) is 5.69 Å². The van der Waals surface area contributed by atoms with E-state index in [4.69, 9.17) is 14.7 Å². The number of nitrogens with one attached hydrogen (secondary N) is 2. The van der Waals surface area contributed by atoms with Crippen LogP contribution in [0.2, 0.25) is 0 Å². The second-order valence-electron chi connectivity index (χ2n) is 7.59. The smallest absolute Gasteiger partial charge is 0.414 e. The van der Waals surface area contributed by atoms with Gasteiger partial charge in [-0.25, -0.2) is 28.4 Å². The van der Waals surface area contributed by atoms with Gasteiger partial charge in [0, 0.05) is 37.1 Å². The van der Waals surface area contributed by atoms with Gasteiger partial charge < -0.3 is 20.1 Å². The van der Waals surface area contributed by atoms with Crippen LogP contribution in [0, 0.1) is 11.6 Å². The predicted molar refractivity (Wildman–Crippen MR) is 120 cm³/mol. The quantitative estimate of drug-likeness (QED) is 0.551. The second kappa shape index (κ2) is 10.5. The molecule has 2 aliphatic heterocycles. The number of nitrogens with zero attached hydrogens (tertiary/aromatic N) is 4. The molecule has 0 radical (unpaired) electrons. The molecule has 1 aromatic carbocycles. The number of aliphatic hydroxyl groups is 1. The summed E-state index contributed by atoms with van der Waals surface area (Å²) in [6.07, 6.45) is -1.08. The number of likely N-dealkylation sites (N-methyl/N-ethyl adjacent to an activating group) is 1. The molecule has 3 N–H and O–H groups in total. The zero-order valence-electron chi connectivity index (χ0n) is 18.3. The Labute approximate surface area is 197 Å². The third-order valence-corrected chi connectivity index (χ3v) is 6.08. The van der Waals surface area contributed by atoms with Crippen LogP contribution in [0.4, 0.5) is 34.9 Å². The van der Waals surface area contributed by atoms with Crippen LogP contribution in [-0.2, 0) is 16.2 Å². The number of cyclic esters (lactones) is 1. The second-order valence-corrected chi connectivity index (χ2v) is 8.44. The Balaban J connectivity index is 1.42. The number of hydrogen-bond acceptors (Lipinski definition) is 9. The molecular weight excluding hydrogens is 474 g/mol. The summed E-state index contributed by atoms with van der Waals surface area (Å²) in [6, 6.07) is 1.61. The lowest BCUT2D eigenvalue weighted by Gasteiger charge is -2.24. The number of aliphatic hydroxyl groups excluding tert-OH is 1. The number of amides is 3. The van der Waals surface area contributed by atoms with E-state index in [9.17, 15) is 18.4 Å². The zero-order valence-corrected chi connectivity index (χ0v) is 19.1. The van der Waals surface area contributed by atoms with Crippen molar-refractivity contribution in [3.05, 3.63) is 34.8 Å². The average molecular weight is 499 g/mol. The van der Waals surface area contributed by atoms with Crippen molar-refractivity contribution in [1.29, 1.82) is 0 Å². The molecule has 0 aliphatic carbocycles. The topological polar surface area (TPSA) is 120 Å². The van der Waals surface area contributed by atoms with E-state index < -0.39 is 29.9 Å². The van der Waals surface area contributed by atoms with Gasteiger partial charge in [-0.1, -0.05) is 0 Å². The Morgan fingerprint density at radius 3 is 2.74 bits per heavy atom. The summed E-state index contributed by atoms with van der Waals surface area (Å²) in [7, 11) is 1.71. The van der Waals surface area contributed by atoms with Gasteiger partial charge in [-0.05, 0) is 7.05 Å². The van der Waals surface area contributed by atoms with Gasteiger partial charge in [0.15, 0.2) is 16.8 Å². The maximum atomic E-state index is 15.0. The van der Waals surface area contributed by atoms with Crippen LogP contribution in [0.15, 0.2) is 17.5 Å². The van der Waals surface area contributed by atoms with E-state index in [0.29, 0.717) is 17.4 Å². The molecular formula is C20H24F2N6O5S. The normalized spacial score (nSPS) is 18.8. The summed E-state index contributed by atoms with van der Waals surface area (Å²) in [5.41, 5.74) is 0.235. The Morgan fingerprint density at radius 1 is 1.29 bits per heavy atom. The van der Waals surface area contributed by atoms with Crippen molar-refractivity contribution in [3.63, 3.8) is 0 Å².